The maximum atomic E-state index is 12.6. The summed E-state index contributed by atoms with van der Waals surface area (Å²) >= 11 is 1.40. The number of nitrogens with zero attached hydrogens (tertiary/aromatic N) is 3. The van der Waals surface area contributed by atoms with Gasteiger partial charge in [0.1, 0.15) is 5.75 Å². The highest BCUT2D eigenvalue weighted by molar-refractivity contribution is 8.00. The molecule has 1 N–H and O–H groups in total. The van der Waals surface area contributed by atoms with Gasteiger partial charge in [0.25, 0.3) is 0 Å². The van der Waals surface area contributed by atoms with Gasteiger partial charge >= 0.3 is 0 Å². The van der Waals surface area contributed by atoms with Gasteiger partial charge in [0, 0.05) is 17.8 Å². The van der Waals surface area contributed by atoms with Gasteiger partial charge in [-0.3, -0.25) is 4.79 Å². The Morgan fingerprint density at radius 1 is 1.11 bits per heavy atom. The van der Waals surface area contributed by atoms with E-state index in [1.54, 1.807) is 0 Å². The van der Waals surface area contributed by atoms with Crippen LogP contribution in [0.15, 0.2) is 59.8 Å². The van der Waals surface area contributed by atoms with Crippen LogP contribution in [0.25, 0.3) is 11.4 Å². The van der Waals surface area contributed by atoms with Gasteiger partial charge in [-0.1, -0.05) is 42.1 Å². The third-order valence-corrected chi connectivity index (χ3v) is 5.23. The van der Waals surface area contributed by atoms with Gasteiger partial charge < -0.3 is 14.6 Å². The van der Waals surface area contributed by atoms with Crippen LogP contribution < -0.4 is 10.1 Å². The van der Waals surface area contributed by atoms with Crippen LogP contribution in [0.2, 0.25) is 0 Å². The molecule has 1 heterocycles. The van der Waals surface area contributed by atoms with Crippen LogP contribution in [0.4, 0.5) is 5.69 Å². The van der Waals surface area contributed by atoms with Crippen LogP contribution in [0.3, 0.4) is 0 Å². The molecule has 146 valence electrons. The molecule has 2 aromatic carbocycles. The van der Waals surface area contributed by atoms with Crippen LogP contribution in [-0.4, -0.2) is 32.5 Å². The third kappa shape index (κ3) is 4.72. The van der Waals surface area contributed by atoms with E-state index < -0.39 is 0 Å². The average Bonchev–Trinajstić information content (AvgIpc) is 3.12. The van der Waals surface area contributed by atoms with Crippen molar-refractivity contribution < 1.29 is 9.53 Å². The van der Waals surface area contributed by atoms with E-state index in [1.165, 1.54) is 11.8 Å². The SMILES string of the molecule is CCOc1ccc(NC(=O)[C@@H](C)Sc2nnc(-c3ccccc3)n2CC)cc1. The van der Waals surface area contributed by atoms with E-state index in [0.717, 1.165) is 34.5 Å². The zero-order chi connectivity index (χ0) is 19.9. The van der Waals surface area contributed by atoms with E-state index >= 15 is 0 Å². The zero-order valence-corrected chi connectivity index (χ0v) is 17.1. The van der Waals surface area contributed by atoms with Gasteiger partial charge in [-0.2, -0.15) is 0 Å². The molecule has 0 fully saturated rings. The number of ether oxygens (including phenoxy) is 1. The van der Waals surface area contributed by atoms with Crippen molar-refractivity contribution >= 4 is 23.4 Å². The lowest BCUT2D eigenvalue weighted by molar-refractivity contribution is -0.115. The molecule has 0 aliphatic heterocycles. The largest absolute Gasteiger partial charge is 0.494 e. The summed E-state index contributed by atoms with van der Waals surface area (Å²) < 4.78 is 7.45. The van der Waals surface area contributed by atoms with E-state index in [0.29, 0.717) is 6.61 Å². The molecule has 1 aromatic heterocycles. The number of nitrogens with one attached hydrogen (secondary N) is 1. The van der Waals surface area contributed by atoms with E-state index in [2.05, 4.69) is 15.5 Å². The van der Waals surface area contributed by atoms with Crippen molar-refractivity contribution in [2.75, 3.05) is 11.9 Å². The number of hydrogen-bond donors (Lipinski definition) is 1. The number of carbonyl (C=O) groups is 1. The summed E-state index contributed by atoms with van der Waals surface area (Å²) in [6, 6.07) is 17.3. The zero-order valence-electron chi connectivity index (χ0n) is 16.3. The highest BCUT2D eigenvalue weighted by atomic mass is 32.2. The molecule has 3 rings (SSSR count). The predicted octanol–water partition coefficient (Wildman–Crippen LogP) is 4.48. The van der Waals surface area contributed by atoms with Crippen molar-refractivity contribution in [2.45, 2.75) is 37.7 Å². The van der Waals surface area contributed by atoms with Gasteiger partial charge in [-0.25, -0.2) is 0 Å². The van der Waals surface area contributed by atoms with E-state index in [-0.39, 0.29) is 11.2 Å². The minimum absolute atomic E-state index is 0.0823. The maximum Gasteiger partial charge on any atom is 0.237 e. The number of benzene rings is 2. The van der Waals surface area contributed by atoms with Gasteiger partial charge in [-0.05, 0) is 45.0 Å². The fraction of sp³-hybridized carbons (Fsp3) is 0.286. The molecule has 0 bridgehead atoms. The molecular formula is C21H24N4O2S. The molecule has 6 nitrogen and oxygen atoms in total. The number of aromatic nitrogens is 3. The summed E-state index contributed by atoms with van der Waals surface area (Å²) in [5, 5.41) is 12.0. The number of amides is 1. The molecule has 0 aliphatic carbocycles. The quantitative estimate of drug-likeness (QED) is 0.569. The summed E-state index contributed by atoms with van der Waals surface area (Å²) in [7, 11) is 0. The van der Waals surface area contributed by atoms with Crippen molar-refractivity contribution in [1.82, 2.24) is 14.8 Å². The summed E-state index contributed by atoms with van der Waals surface area (Å²) in [6.45, 7) is 7.19. The molecule has 0 unspecified atom stereocenters. The molecule has 7 heteroatoms. The van der Waals surface area contributed by atoms with E-state index in [4.69, 9.17) is 4.74 Å². The highest BCUT2D eigenvalue weighted by Crippen LogP contribution is 2.27. The monoisotopic (exact) mass is 396 g/mol. The minimum Gasteiger partial charge on any atom is -0.494 e. The highest BCUT2D eigenvalue weighted by Gasteiger charge is 2.20. The molecule has 0 saturated carbocycles. The van der Waals surface area contributed by atoms with Crippen molar-refractivity contribution in [3.05, 3.63) is 54.6 Å². The first kappa shape index (κ1) is 19.9. The molecule has 28 heavy (non-hydrogen) atoms. The predicted molar refractivity (Wildman–Crippen MR) is 113 cm³/mol. The Kier molecular flexibility index (Phi) is 6.71. The molecule has 0 spiro atoms. The van der Waals surface area contributed by atoms with Crippen LogP contribution in [0, 0.1) is 0 Å². The normalized spacial score (nSPS) is 11.8. The Morgan fingerprint density at radius 3 is 2.46 bits per heavy atom. The summed E-state index contributed by atoms with van der Waals surface area (Å²) in [4.78, 5) is 12.6. The first-order valence-electron chi connectivity index (χ1n) is 9.31. The lowest BCUT2D eigenvalue weighted by Crippen LogP contribution is -2.22. The van der Waals surface area contributed by atoms with Crippen LogP contribution >= 0.6 is 11.8 Å². The molecule has 1 amide bonds. The van der Waals surface area contributed by atoms with Crippen molar-refractivity contribution in [3.8, 4) is 17.1 Å². The molecule has 1 atom stereocenters. The first-order chi connectivity index (χ1) is 13.6. The van der Waals surface area contributed by atoms with E-state index in [9.17, 15) is 4.79 Å². The summed E-state index contributed by atoms with van der Waals surface area (Å²) in [5.74, 6) is 1.51. The summed E-state index contributed by atoms with van der Waals surface area (Å²) in [5.41, 5.74) is 1.75. The number of thioether (sulfide) groups is 1. The van der Waals surface area contributed by atoms with Crippen molar-refractivity contribution in [3.63, 3.8) is 0 Å². The minimum atomic E-state index is -0.315. The topological polar surface area (TPSA) is 69.0 Å². The van der Waals surface area contributed by atoms with Crippen LogP contribution in [-0.2, 0) is 11.3 Å². The fourth-order valence-electron chi connectivity index (χ4n) is 2.72. The lowest BCUT2D eigenvalue weighted by Gasteiger charge is -2.13. The molecular weight excluding hydrogens is 372 g/mol. The second-order valence-electron chi connectivity index (χ2n) is 6.12. The second-order valence-corrected chi connectivity index (χ2v) is 7.43. The number of rotatable bonds is 8. The number of anilines is 1. The second kappa shape index (κ2) is 9.41. The molecule has 0 saturated heterocycles. The van der Waals surface area contributed by atoms with E-state index in [1.807, 2.05) is 79.9 Å². The first-order valence-corrected chi connectivity index (χ1v) is 10.2. The van der Waals surface area contributed by atoms with Gasteiger partial charge in [0.2, 0.25) is 5.91 Å². The Labute approximate surface area is 169 Å². The molecule has 0 aliphatic rings. The van der Waals surface area contributed by atoms with Gasteiger partial charge in [-0.15, -0.1) is 10.2 Å². The van der Waals surface area contributed by atoms with Gasteiger partial charge in [0.05, 0.1) is 11.9 Å². The molecule has 0 radical (unpaired) electrons. The standard InChI is InChI=1S/C21H24N4O2S/c1-4-25-19(16-9-7-6-8-10-16)23-24-21(25)28-15(3)20(26)22-17-11-13-18(14-12-17)27-5-2/h6-15H,4-5H2,1-3H3,(H,22,26)/t15-/m1/s1. The fourth-order valence-corrected chi connectivity index (χ4v) is 3.63. The maximum absolute atomic E-state index is 12.6. The third-order valence-electron chi connectivity index (χ3n) is 4.15. The van der Waals surface area contributed by atoms with Crippen molar-refractivity contribution in [1.29, 1.82) is 0 Å². The Hall–Kier alpha value is -2.80. The van der Waals surface area contributed by atoms with Crippen LogP contribution in [0.5, 0.6) is 5.75 Å². The number of hydrogen-bond acceptors (Lipinski definition) is 5. The van der Waals surface area contributed by atoms with Gasteiger partial charge in [0.15, 0.2) is 11.0 Å². The average molecular weight is 397 g/mol. The van der Waals surface area contributed by atoms with Crippen molar-refractivity contribution in [2.24, 2.45) is 0 Å². The Bertz CT molecular complexity index is 910. The Morgan fingerprint density at radius 2 is 1.82 bits per heavy atom. The van der Waals surface area contributed by atoms with Crippen LogP contribution in [0.1, 0.15) is 20.8 Å². The number of carbonyl (C=O) groups excluding carboxylic acids is 1. The molecule has 3 aromatic rings. The summed E-state index contributed by atoms with van der Waals surface area (Å²) in [6.07, 6.45) is 0. The smallest absolute Gasteiger partial charge is 0.237 e. The lowest BCUT2D eigenvalue weighted by atomic mass is 10.2. The Balaban J connectivity index is 1.68.